The second kappa shape index (κ2) is 5.98. The summed E-state index contributed by atoms with van der Waals surface area (Å²) in [6.45, 7) is -1.26. The summed E-state index contributed by atoms with van der Waals surface area (Å²) in [4.78, 5) is 0. The molecular weight excluding hydrogens is 307 g/mol. The molecule has 0 heterocycles. The Kier molecular flexibility index (Phi) is 5.78. The molecule has 0 aliphatic carbocycles. The van der Waals surface area contributed by atoms with Crippen LogP contribution in [0.15, 0.2) is 0 Å². The van der Waals surface area contributed by atoms with Crippen molar-refractivity contribution in [1.82, 2.24) is 0 Å². The quantitative estimate of drug-likeness (QED) is 0.725. The highest BCUT2D eigenvalue weighted by atomic mass is 19.4. The lowest BCUT2D eigenvalue weighted by molar-refractivity contribution is -0.254. The largest absolute Gasteiger partial charge is 0.422 e. The van der Waals surface area contributed by atoms with Gasteiger partial charge in [0.1, 0.15) is 0 Å². The number of hydrogen-bond donors (Lipinski definition) is 1. The highest BCUT2D eigenvalue weighted by molar-refractivity contribution is 4.89. The van der Waals surface area contributed by atoms with Gasteiger partial charge >= 0.3 is 12.4 Å². The molecule has 0 aromatic carbocycles. The number of aliphatic hydroxyl groups excluding tert-OH is 1. The van der Waals surface area contributed by atoms with Crippen LogP contribution >= 0.6 is 0 Å². The molecule has 0 radical (unpaired) electrons. The van der Waals surface area contributed by atoms with E-state index in [-0.39, 0.29) is 6.92 Å². The maximum atomic E-state index is 13.2. The minimum Gasteiger partial charge on any atom is -0.396 e. The van der Waals surface area contributed by atoms with Crippen molar-refractivity contribution < 1.29 is 44.6 Å². The maximum absolute atomic E-state index is 13.2. The molecule has 0 aromatic rings. The molecule has 0 rings (SSSR count). The Hall–Kier alpha value is -0.670. The van der Waals surface area contributed by atoms with Gasteiger partial charge in [-0.25, -0.2) is 13.2 Å². The molecule has 0 amide bonds. The average molecular weight is 320 g/mol. The van der Waals surface area contributed by atoms with Gasteiger partial charge in [-0.3, -0.25) is 0 Å². The van der Waals surface area contributed by atoms with Crippen LogP contribution in [0, 0.1) is 5.92 Å². The third-order valence-electron chi connectivity index (χ3n) is 2.71. The van der Waals surface area contributed by atoms with Crippen molar-refractivity contribution in [1.29, 1.82) is 0 Å². The van der Waals surface area contributed by atoms with Gasteiger partial charge in [0.25, 0.3) is 5.92 Å². The summed E-state index contributed by atoms with van der Waals surface area (Å²) >= 11 is 0. The number of halogens is 9. The van der Waals surface area contributed by atoms with Crippen molar-refractivity contribution in [3.05, 3.63) is 0 Å². The molecule has 0 aliphatic rings. The second-order valence-electron chi connectivity index (χ2n) is 4.67. The summed E-state index contributed by atoms with van der Waals surface area (Å²) in [6, 6.07) is 0. The minimum atomic E-state index is -5.59. The zero-order valence-corrected chi connectivity index (χ0v) is 10.3. The highest BCUT2D eigenvalue weighted by Crippen LogP contribution is 2.46. The minimum absolute atomic E-state index is 0.129. The van der Waals surface area contributed by atoms with Crippen LogP contribution in [-0.2, 0) is 0 Å². The molecule has 122 valence electrons. The van der Waals surface area contributed by atoms with Crippen LogP contribution in [0.5, 0.6) is 0 Å². The van der Waals surface area contributed by atoms with E-state index in [1.807, 2.05) is 0 Å². The van der Waals surface area contributed by atoms with E-state index < -0.39 is 55.7 Å². The summed E-state index contributed by atoms with van der Waals surface area (Å²) in [7, 11) is 0. The van der Waals surface area contributed by atoms with E-state index >= 15 is 0 Å². The number of hydrogen-bond acceptors (Lipinski definition) is 1. The predicted molar refractivity (Wildman–Crippen MR) is 51.0 cm³/mol. The molecule has 0 bridgehead atoms. The fraction of sp³-hybridized carbons (Fsp3) is 1.00. The van der Waals surface area contributed by atoms with Gasteiger partial charge in [0, 0.05) is 25.9 Å². The van der Waals surface area contributed by atoms with Gasteiger partial charge in [-0.15, -0.1) is 0 Å². The molecule has 0 aromatic heterocycles. The van der Waals surface area contributed by atoms with Gasteiger partial charge < -0.3 is 5.11 Å². The SMILES string of the molecule is CC(F)(CC(CC(F)(F)CCO)C(F)(F)F)C(F)(F)F. The molecule has 0 saturated heterocycles. The van der Waals surface area contributed by atoms with E-state index in [0.717, 1.165) is 0 Å². The highest BCUT2D eigenvalue weighted by Gasteiger charge is 2.57. The molecule has 2 atom stereocenters. The molecule has 0 aliphatic heterocycles. The Bertz CT molecular complexity index is 305. The van der Waals surface area contributed by atoms with Gasteiger partial charge in [0.15, 0.2) is 0 Å². The lowest BCUT2D eigenvalue weighted by atomic mass is 9.87. The summed E-state index contributed by atoms with van der Waals surface area (Å²) in [6.07, 6.45) is -16.5. The van der Waals surface area contributed by atoms with Crippen LogP contribution < -0.4 is 0 Å². The lowest BCUT2D eigenvalue weighted by Gasteiger charge is -2.31. The monoisotopic (exact) mass is 320 g/mol. The maximum Gasteiger partial charge on any atom is 0.422 e. The molecule has 0 saturated carbocycles. The predicted octanol–water partition coefficient (Wildman–Crippen LogP) is 4.25. The Balaban J connectivity index is 5.12. The van der Waals surface area contributed by atoms with E-state index in [1.165, 1.54) is 0 Å². The first-order chi connectivity index (χ1) is 8.62. The first-order valence-corrected chi connectivity index (χ1v) is 5.43. The summed E-state index contributed by atoms with van der Waals surface area (Å²) in [5, 5.41) is 8.26. The van der Waals surface area contributed by atoms with E-state index in [1.54, 1.807) is 0 Å². The van der Waals surface area contributed by atoms with Crippen molar-refractivity contribution in [3.63, 3.8) is 0 Å². The van der Waals surface area contributed by atoms with Crippen LogP contribution in [0.25, 0.3) is 0 Å². The van der Waals surface area contributed by atoms with Gasteiger partial charge in [0.05, 0.1) is 5.92 Å². The molecular formula is C10H13F9O. The number of alkyl halides is 9. The Labute approximate surface area is 108 Å². The summed E-state index contributed by atoms with van der Waals surface area (Å²) < 4.78 is 113. The Morgan fingerprint density at radius 3 is 1.60 bits per heavy atom. The summed E-state index contributed by atoms with van der Waals surface area (Å²) in [5.74, 6) is -7.20. The van der Waals surface area contributed by atoms with E-state index in [2.05, 4.69) is 0 Å². The fourth-order valence-corrected chi connectivity index (χ4v) is 1.51. The first-order valence-electron chi connectivity index (χ1n) is 5.43. The second-order valence-corrected chi connectivity index (χ2v) is 4.67. The molecule has 20 heavy (non-hydrogen) atoms. The topological polar surface area (TPSA) is 20.2 Å². The normalized spacial score (nSPS) is 18.8. The van der Waals surface area contributed by atoms with Crippen molar-refractivity contribution in [2.45, 2.75) is 50.1 Å². The zero-order valence-electron chi connectivity index (χ0n) is 10.3. The Morgan fingerprint density at radius 1 is 0.850 bits per heavy atom. The smallest absolute Gasteiger partial charge is 0.396 e. The van der Waals surface area contributed by atoms with Crippen LogP contribution in [0.2, 0.25) is 0 Å². The van der Waals surface area contributed by atoms with Crippen molar-refractivity contribution >= 4 is 0 Å². The standard InChI is InChI=1S/C10H13F9O/c1-7(11,10(17,18)19)4-6(9(14,15)16)5-8(12,13)2-3-20/h6,20H,2-5H2,1H3. The number of aliphatic hydroxyl groups is 1. The van der Waals surface area contributed by atoms with Crippen molar-refractivity contribution in [2.75, 3.05) is 6.61 Å². The van der Waals surface area contributed by atoms with Crippen LogP contribution in [0.1, 0.15) is 26.2 Å². The molecule has 1 nitrogen and oxygen atoms in total. The van der Waals surface area contributed by atoms with Crippen LogP contribution in [0.3, 0.4) is 0 Å². The van der Waals surface area contributed by atoms with Crippen molar-refractivity contribution in [3.8, 4) is 0 Å². The van der Waals surface area contributed by atoms with Gasteiger partial charge in [-0.1, -0.05) is 0 Å². The number of rotatable bonds is 6. The molecule has 2 unspecified atom stereocenters. The average Bonchev–Trinajstić information content (AvgIpc) is 2.11. The fourth-order valence-electron chi connectivity index (χ4n) is 1.51. The van der Waals surface area contributed by atoms with Gasteiger partial charge in [-0.05, 0) is 6.92 Å². The molecule has 0 fully saturated rings. The van der Waals surface area contributed by atoms with Crippen LogP contribution in [0.4, 0.5) is 39.5 Å². The molecule has 1 N–H and O–H groups in total. The van der Waals surface area contributed by atoms with E-state index in [9.17, 15) is 39.5 Å². The van der Waals surface area contributed by atoms with Gasteiger partial charge in [-0.2, -0.15) is 26.3 Å². The first kappa shape index (κ1) is 19.3. The molecule has 10 heteroatoms. The molecule has 0 spiro atoms. The third kappa shape index (κ3) is 5.76. The zero-order chi connectivity index (χ0) is 16.4. The summed E-state index contributed by atoms with van der Waals surface area (Å²) in [5.41, 5.74) is -4.23. The van der Waals surface area contributed by atoms with Crippen LogP contribution in [-0.4, -0.2) is 35.7 Å². The van der Waals surface area contributed by atoms with Crippen molar-refractivity contribution in [2.24, 2.45) is 5.92 Å². The lowest BCUT2D eigenvalue weighted by Crippen LogP contribution is -2.43. The van der Waals surface area contributed by atoms with E-state index in [0.29, 0.717) is 0 Å². The third-order valence-corrected chi connectivity index (χ3v) is 2.71. The van der Waals surface area contributed by atoms with Gasteiger partial charge in [0.2, 0.25) is 5.67 Å². The Morgan fingerprint density at radius 2 is 1.30 bits per heavy atom. The van der Waals surface area contributed by atoms with E-state index in [4.69, 9.17) is 5.11 Å².